The molecule has 0 fully saturated rings. The van der Waals surface area contributed by atoms with Crippen LogP contribution in [-0.4, -0.2) is 54.0 Å². The number of halogens is 2. The molecule has 0 radical (unpaired) electrons. The van der Waals surface area contributed by atoms with Crippen LogP contribution in [0.25, 0.3) is 28.5 Å². The number of hydrogen-bond acceptors (Lipinski definition) is 6. The first-order valence-electron chi connectivity index (χ1n) is 19.9. The van der Waals surface area contributed by atoms with Gasteiger partial charge in [-0.05, 0) is 91.6 Å². The molecule has 0 atom stereocenters. The molecule has 2 aliphatic heterocycles. The van der Waals surface area contributed by atoms with Gasteiger partial charge in [-0.15, -0.1) is 0 Å². The van der Waals surface area contributed by atoms with Gasteiger partial charge in [0.05, 0.1) is 18.6 Å². The van der Waals surface area contributed by atoms with Crippen molar-refractivity contribution in [3.63, 3.8) is 0 Å². The number of aromatic hydroxyl groups is 1. The molecule has 11 heteroatoms. The van der Waals surface area contributed by atoms with Crippen LogP contribution in [0.2, 0.25) is 0 Å². The molecule has 2 heterocycles. The van der Waals surface area contributed by atoms with Crippen LogP contribution in [0, 0.1) is 0 Å². The molecule has 0 spiro atoms. The summed E-state index contributed by atoms with van der Waals surface area (Å²) in [6.45, 7) is 9.76. The number of rotatable bonds is 7. The number of benzene rings is 5. The Balaban J connectivity index is 0.000000219. The third-order valence-corrected chi connectivity index (χ3v) is 12.9. The monoisotopic (exact) mass is 880 g/mol. The predicted molar refractivity (Wildman–Crippen MR) is 250 cm³/mol. The van der Waals surface area contributed by atoms with E-state index in [1.165, 1.54) is 33.9 Å². The second kappa shape index (κ2) is 20.2. The number of phenols is 1. The van der Waals surface area contributed by atoms with E-state index in [0.29, 0.717) is 19.0 Å². The Hall–Kier alpha value is -5.05. The fraction of sp³-hybridized carbons (Fsp3) is 0.240. The number of fused-ring (bicyclic) bond motifs is 4. The lowest BCUT2D eigenvalue weighted by Gasteiger charge is -2.24. The first-order valence-corrected chi connectivity index (χ1v) is 22.3. The fourth-order valence-electron chi connectivity index (χ4n) is 8.18. The summed E-state index contributed by atoms with van der Waals surface area (Å²) in [5.41, 5.74) is 11.1. The molecular weight excluding hydrogens is 826 g/mol. The lowest BCUT2D eigenvalue weighted by Crippen LogP contribution is -3.00. The maximum absolute atomic E-state index is 12.4. The van der Waals surface area contributed by atoms with Crippen LogP contribution in [0.5, 0.6) is 5.75 Å². The summed E-state index contributed by atoms with van der Waals surface area (Å²) in [6.07, 6.45) is 11.8. The van der Waals surface area contributed by atoms with Gasteiger partial charge in [0.1, 0.15) is 12.8 Å². The van der Waals surface area contributed by atoms with Gasteiger partial charge in [0.2, 0.25) is 5.69 Å². The average molecular weight is 882 g/mol. The molecule has 5 aromatic rings. The van der Waals surface area contributed by atoms with Crippen molar-refractivity contribution in [2.24, 2.45) is 0 Å². The molecule has 0 aromatic heterocycles. The molecule has 1 aliphatic carbocycles. The van der Waals surface area contributed by atoms with E-state index in [1.807, 2.05) is 60.7 Å². The van der Waals surface area contributed by atoms with Crippen molar-refractivity contribution >= 4 is 69.6 Å². The third kappa shape index (κ3) is 10.2. The summed E-state index contributed by atoms with van der Waals surface area (Å²) >= 11 is 5.25. The number of hydrogen-bond donors (Lipinski definition) is 1. The highest BCUT2D eigenvalue weighted by Gasteiger charge is 2.42. The highest BCUT2D eigenvalue weighted by molar-refractivity contribution is 7.81. The number of para-hydroxylation sites is 2. The topological polar surface area (TPSA) is 111 Å². The summed E-state index contributed by atoms with van der Waals surface area (Å²) in [7, 11) is 4.20. The minimum atomic E-state index is -3.22. The molecule has 0 amide bonds. The van der Waals surface area contributed by atoms with Crippen molar-refractivity contribution in [3.05, 3.63) is 167 Å². The summed E-state index contributed by atoms with van der Waals surface area (Å²) < 4.78 is 22.1. The second-order valence-electron chi connectivity index (χ2n) is 15.5. The van der Waals surface area contributed by atoms with E-state index in [2.05, 4.69) is 133 Å². The number of ketones is 1. The van der Waals surface area contributed by atoms with Gasteiger partial charge in [-0.2, -0.15) is 4.58 Å². The number of allylic oxidation sites excluding steroid dienone is 6. The zero-order valence-electron chi connectivity index (χ0n) is 35.9. The van der Waals surface area contributed by atoms with E-state index in [0.717, 1.165) is 33.0 Å². The quantitative estimate of drug-likeness (QED) is 0.0995. The van der Waals surface area contributed by atoms with Gasteiger partial charge in [-0.1, -0.05) is 111 Å². The van der Waals surface area contributed by atoms with E-state index in [4.69, 9.17) is 11.2 Å². The Morgan fingerprint density at radius 3 is 2.05 bits per heavy atom. The number of anilines is 1. The maximum atomic E-state index is 12.4. The van der Waals surface area contributed by atoms with Crippen LogP contribution in [0.3, 0.4) is 0 Å². The van der Waals surface area contributed by atoms with Crippen LogP contribution in [0.1, 0.15) is 69.4 Å². The van der Waals surface area contributed by atoms with Crippen LogP contribution in [-0.2, 0) is 29.2 Å². The molecule has 3 N–H and O–H groups in total. The van der Waals surface area contributed by atoms with Crippen LogP contribution in [0.15, 0.2) is 139 Å². The van der Waals surface area contributed by atoms with Gasteiger partial charge >= 0.3 is 6.95 Å². The van der Waals surface area contributed by atoms with Gasteiger partial charge in [0.25, 0.3) is 0 Å². The largest absolute Gasteiger partial charge is 1.00 e. The predicted octanol–water partition coefficient (Wildman–Crippen LogP) is 8.83. The highest BCUT2D eigenvalue weighted by Crippen LogP contribution is 2.53. The zero-order valence-corrected chi connectivity index (χ0v) is 38.4. The van der Waals surface area contributed by atoms with Gasteiger partial charge in [0.15, 0.2) is 11.5 Å². The highest BCUT2D eigenvalue weighted by atomic mass is 35.7. The Kier molecular flexibility index (Phi) is 16.1. The lowest BCUT2D eigenvalue weighted by molar-refractivity contribution is -0.401. The number of likely N-dealkylation sites (N-methyl/N-ethyl adjacent to an activating group) is 1. The van der Waals surface area contributed by atoms with Crippen molar-refractivity contribution in [2.75, 3.05) is 32.2 Å². The van der Waals surface area contributed by atoms with Gasteiger partial charge in [-0.3, -0.25) is 13.8 Å². The number of carbonyl (C=O) groups is 1. The Morgan fingerprint density at radius 2 is 1.38 bits per heavy atom. The number of nitrogens with zero attached hydrogens (tertiary/aromatic N) is 2. The van der Waals surface area contributed by atoms with E-state index >= 15 is 0 Å². The van der Waals surface area contributed by atoms with Crippen molar-refractivity contribution in [1.29, 1.82) is 0 Å². The Labute approximate surface area is 371 Å². The molecule has 8 nitrogen and oxygen atoms in total. The lowest BCUT2D eigenvalue weighted by atomic mass is 9.81. The molecule has 61 heavy (non-hydrogen) atoms. The SMILES string of the molecule is CCOP(=O)(Cl)OCC.CN1C(=CC=C2C(=O)C=Cc3ccccc32)C(C)(C)c2ccccc21.C[N+]1=C(/C=C/c2c(O)ccc3ccccc23)C(C)(C)c2ccccc21.O.[Cl-]. The Bertz CT molecular complexity index is 2600. The van der Waals surface area contributed by atoms with Crippen molar-refractivity contribution in [1.82, 2.24) is 0 Å². The molecule has 0 bridgehead atoms. The minimum absolute atomic E-state index is 0. The fourth-order valence-corrected chi connectivity index (χ4v) is 9.46. The molecule has 5 aromatic carbocycles. The van der Waals surface area contributed by atoms with E-state index in [1.54, 1.807) is 26.0 Å². The summed E-state index contributed by atoms with van der Waals surface area (Å²) in [4.78, 5) is 14.6. The van der Waals surface area contributed by atoms with Gasteiger partial charge in [-0.25, -0.2) is 4.57 Å². The van der Waals surface area contributed by atoms with Gasteiger partial charge in [0, 0.05) is 63.9 Å². The molecule has 320 valence electrons. The number of carbonyl (C=O) groups excluding carboxylic acids is 1. The molecule has 0 saturated heterocycles. The summed E-state index contributed by atoms with van der Waals surface area (Å²) in [5, 5.41) is 12.6. The maximum Gasteiger partial charge on any atom is 0.424 e. The molecule has 0 saturated carbocycles. The van der Waals surface area contributed by atoms with Crippen LogP contribution in [0.4, 0.5) is 11.4 Å². The van der Waals surface area contributed by atoms with Crippen LogP contribution < -0.4 is 17.3 Å². The van der Waals surface area contributed by atoms with Gasteiger partial charge < -0.3 is 27.9 Å². The minimum Gasteiger partial charge on any atom is -1.00 e. The van der Waals surface area contributed by atoms with E-state index < -0.39 is 6.95 Å². The zero-order chi connectivity index (χ0) is 42.5. The standard InChI is InChI=1S/2C23H21NO.C4H10ClO3P.ClH.H2O/c2*1-23(2)19-10-6-7-11-20(19)24(3)22(23)15-13-18-17-9-5-4-8-16(17)12-14-21(18)25;1-3-7-9(5,6)8-4-2;;/h2*4-15H,1-3H3;3-4H2,1-2H3;1H;1H2. The summed E-state index contributed by atoms with van der Waals surface area (Å²) in [5.74, 6) is 0.373. The van der Waals surface area contributed by atoms with Crippen molar-refractivity contribution < 1.29 is 46.0 Å². The summed E-state index contributed by atoms with van der Waals surface area (Å²) in [6, 6.07) is 36.9. The normalized spacial score (nSPS) is 16.9. The molecule has 0 unspecified atom stereocenters. The van der Waals surface area contributed by atoms with E-state index in [-0.39, 0.29) is 34.5 Å². The third-order valence-electron chi connectivity index (χ3n) is 11.1. The van der Waals surface area contributed by atoms with E-state index in [9.17, 15) is 14.5 Å². The van der Waals surface area contributed by atoms with Crippen LogP contribution >= 0.6 is 18.2 Å². The second-order valence-corrected chi connectivity index (χ2v) is 18.1. The number of phenolic OH excluding ortho intramolecular Hbond substituents is 1. The molecule has 3 aliphatic rings. The first-order chi connectivity index (χ1) is 28.1. The molecular formula is C50H55Cl2N2O6P. The van der Waals surface area contributed by atoms with Crippen molar-refractivity contribution in [2.45, 2.75) is 52.4 Å². The average Bonchev–Trinajstić information content (AvgIpc) is 3.54. The first kappa shape index (κ1) is 48.6. The molecule has 8 rings (SSSR count). The van der Waals surface area contributed by atoms with Crippen molar-refractivity contribution in [3.8, 4) is 5.75 Å². The smallest absolute Gasteiger partial charge is 0.424 e. The Morgan fingerprint density at radius 1 is 0.770 bits per heavy atom.